The summed E-state index contributed by atoms with van der Waals surface area (Å²) in [6.45, 7) is 6.54. The van der Waals surface area contributed by atoms with Gasteiger partial charge in [-0.1, -0.05) is 43.3 Å². The number of carbonyl (C=O) groups is 2. The fourth-order valence-electron chi connectivity index (χ4n) is 3.53. The van der Waals surface area contributed by atoms with Crippen molar-refractivity contribution < 1.29 is 19.1 Å². The molecule has 0 bridgehead atoms. The van der Waals surface area contributed by atoms with Crippen molar-refractivity contribution in [1.29, 1.82) is 0 Å². The predicted molar refractivity (Wildman–Crippen MR) is 120 cm³/mol. The zero-order valence-electron chi connectivity index (χ0n) is 18.6. The van der Waals surface area contributed by atoms with Crippen LogP contribution in [0.15, 0.2) is 48.5 Å². The molecule has 2 aromatic carbocycles. The molecule has 0 saturated carbocycles. The third-order valence-corrected chi connectivity index (χ3v) is 5.72. The lowest BCUT2D eigenvalue weighted by Gasteiger charge is -2.29. The van der Waals surface area contributed by atoms with Gasteiger partial charge in [-0.05, 0) is 56.4 Å². The molecule has 0 saturated heterocycles. The lowest BCUT2D eigenvalue weighted by Crippen LogP contribution is -2.50. The fourth-order valence-corrected chi connectivity index (χ4v) is 3.53. The quantitative estimate of drug-likeness (QED) is 0.631. The molecule has 1 aliphatic rings. The second-order valence-corrected chi connectivity index (χ2v) is 8.00. The molecular formula is C25H32N2O4. The third-order valence-electron chi connectivity index (χ3n) is 5.72. The van der Waals surface area contributed by atoms with Gasteiger partial charge >= 0.3 is 0 Å². The molecule has 1 heterocycles. The van der Waals surface area contributed by atoms with Gasteiger partial charge in [0.15, 0.2) is 11.5 Å². The van der Waals surface area contributed by atoms with Crippen LogP contribution >= 0.6 is 0 Å². The van der Waals surface area contributed by atoms with Gasteiger partial charge in [0, 0.05) is 19.0 Å². The second kappa shape index (κ2) is 10.8. The highest BCUT2D eigenvalue weighted by atomic mass is 16.7. The van der Waals surface area contributed by atoms with E-state index in [1.165, 1.54) is 0 Å². The molecule has 2 unspecified atom stereocenters. The van der Waals surface area contributed by atoms with Gasteiger partial charge in [0.05, 0.1) is 0 Å². The molecule has 0 radical (unpaired) electrons. The van der Waals surface area contributed by atoms with E-state index in [-0.39, 0.29) is 24.6 Å². The minimum atomic E-state index is -0.526. The molecule has 0 fully saturated rings. The number of ether oxygens (including phenoxy) is 2. The molecule has 0 spiro atoms. The van der Waals surface area contributed by atoms with E-state index in [2.05, 4.69) is 5.32 Å². The number of hydrogen-bond acceptors (Lipinski definition) is 4. The summed E-state index contributed by atoms with van der Waals surface area (Å²) in [6, 6.07) is 15.3. The van der Waals surface area contributed by atoms with Crippen LogP contribution in [-0.2, 0) is 22.4 Å². The van der Waals surface area contributed by atoms with E-state index in [9.17, 15) is 9.59 Å². The van der Waals surface area contributed by atoms with E-state index < -0.39 is 6.04 Å². The maximum atomic E-state index is 13.2. The van der Waals surface area contributed by atoms with Gasteiger partial charge in [-0.25, -0.2) is 0 Å². The lowest BCUT2D eigenvalue weighted by atomic mass is 10.1. The van der Waals surface area contributed by atoms with Crippen molar-refractivity contribution in [2.24, 2.45) is 0 Å². The highest BCUT2D eigenvalue weighted by Crippen LogP contribution is 2.32. The minimum Gasteiger partial charge on any atom is -0.454 e. The molecule has 1 aliphatic heterocycles. The molecule has 6 heteroatoms. The van der Waals surface area contributed by atoms with Crippen molar-refractivity contribution in [1.82, 2.24) is 10.2 Å². The second-order valence-electron chi connectivity index (χ2n) is 8.00. The topological polar surface area (TPSA) is 67.9 Å². The molecule has 1 N–H and O–H groups in total. The predicted octanol–water partition coefficient (Wildman–Crippen LogP) is 3.72. The van der Waals surface area contributed by atoms with Crippen LogP contribution < -0.4 is 14.8 Å². The number of nitrogens with zero attached hydrogens (tertiary/aromatic N) is 1. The van der Waals surface area contributed by atoms with Crippen LogP contribution in [0.3, 0.4) is 0 Å². The summed E-state index contributed by atoms with van der Waals surface area (Å²) in [4.78, 5) is 27.6. The van der Waals surface area contributed by atoms with Crippen molar-refractivity contribution in [2.45, 2.75) is 58.5 Å². The SMILES string of the molecule is CCC(C)NC(=O)C(C)N(CCc1ccccc1)C(=O)CCc1ccc2c(c1)OCO2. The summed E-state index contributed by atoms with van der Waals surface area (Å²) < 4.78 is 10.8. The van der Waals surface area contributed by atoms with Crippen LogP contribution in [0.2, 0.25) is 0 Å². The van der Waals surface area contributed by atoms with Crippen LogP contribution in [0.5, 0.6) is 11.5 Å². The monoisotopic (exact) mass is 424 g/mol. The summed E-state index contributed by atoms with van der Waals surface area (Å²) in [5, 5.41) is 3.00. The molecule has 2 amide bonds. The normalized spacial score (nSPS) is 14.0. The maximum Gasteiger partial charge on any atom is 0.242 e. The Hall–Kier alpha value is -3.02. The first-order valence-electron chi connectivity index (χ1n) is 11.0. The van der Waals surface area contributed by atoms with Crippen LogP contribution in [0.25, 0.3) is 0 Å². The summed E-state index contributed by atoms with van der Waals surface area (Å²) in [5.74, 6) is 1.31. The fraction of sp³-hybridized carbons (Fsp3) is 0.440. The largest absolute Gasteiger partial charge is 0.454 e. The van der Waals surface area contributed by atoms with E-state index in [4.69, 9.17) is 9.47 Å². The van der Waals surface area contributed by atoms with Gasteiger partial charge in [-0.2, -0.15) is 0 Å². The smallest absolute Gasteiger partial charge is 0.242 e. The molecule has 0 aromatic heterocycles. The molecule has 6 nitrogen and oxygen atoms in total. The molecule has 2 aromatic rings. The average molecular weight is 425 g/mol. The number of amides is 2. The number of aryl methyl sites for hydroxylation is 1. The number of rotatable bonds is 10. The Kier molecular flexibility index (Phi) is 7.93. The number of nitrogens with one attached hydrogen (secondary N) is 1. The molecule has 2 atom stereocenters. The van der Waals surface area contributed by atoms with Gasteiger partial charge in [-0.15, -0.1) is 0 Å². The van der Waals surface area contributed by atoms with Crippen molar-refractivity contribution in [3.63, 3.8) is 0 Å². The van der Waals surface area contributed by atoms with Gasteiger partial charge in [-0.3, -0.25) is 9.59 Å². The minimum absolute atomic E-state index is 0.0274. The highest BCUT2D eigenvalue weighted by Gasteiger charge is 2.26. The van der Waals surface area contributed by atoms with E-state index in [1.807, 2.05) is 62.4 Å². The molecule has 31 heavy (non-hydrogen) atoms. The van der Waals surface area contributed by atoms with Gasteiger partial charge in [0.2, 0.25) is 18.6 Å². The van der Waals surface area contributed by atoms with Crippen LogP contribution in [0.1, 0.15) is 44.7 Å². The van der Waals surface area contributed by atoms with Crippen LogP contribution in [0, 0.1) is 0 Å². The summed E-state index contributed by atoms with van der Waals surface area (Å²) in [6.07, 6.45) is 2.46. The Bertz CT molecular complexity index is 884. The summed E-state index contributed by atoms with van der Waals surface area (Å²) in [5.41, 5.74) is 2.16. The van der Waals surface area contributed by atoms with Crippen LogP contribution in [0.4, 0.5) is 0 Å². The summed E-state index contributed by atoms with van der Waals surface area (Å²) >= 11 is 0. The van der Waals surface area contributed by atoms with Crippen molar-refractivity contribution >= 4 is 11.8 Å². The number of fused-ring (bicyclic) bond motifs is 1. The van der Waals surface area contributed by atoms with Gasteiger partial charge < -0.3 is 19.7 Å². The Morgan fingerprint density at radius 3 is 2.48 bits per heavy atom. The van der Waals surface area contributed by atoms with Crippen LogP contribution in [-0.4, -0.2) is 42.1 Å². The first kappa shape index (κ1) is 22.7. The van der Waals surface area contributed by atoms with Crippen molar-refractivity contribution in [3.05, 3.63) is 59.7 Å². The standard InChI is InChI=1S/C25H32N2O4/c1-4-18(2)26-25(29)19(3)27(15-14-20-8-6-5-7-9-20)24(28)13-11-21-10-12-22-23(16-21)31-17-30-22/h5-10,12,16,18-19H,4,11,13-15,17H2,1-3H3,(H,26,29). The Morgan fingerprint density at radius 2 is 1.74 bits per heavy atom. The number of benzene rings is 2. The number of carbonyl (C=O) groups excluding carboxylic acids is 2. The first-order valence-corrected chi connectivity index (χ1v) is 11.0. The van der Waals surface area contributed by atoms with E-state index in [0.717, 1.165) is 23.3 Å². The van der Waals surface area contributed by atoms with E-state index in [0.29, 0.717) is 31.6 Å². The van der Waals surface area contributed by atoms with Crippen molar-refractivity contribution in [2.75, 3.05) is 13.3 Å². The maximum absolute atomic E-state index is 13.2. The Morgan fingerprint density at radius 1 is 1.00 bits per heavy atom. The third kappa shape index (κ3) is 6.23. The Labute approximate surface area is 184 Å². The van der Waals surface area contributed by atoms with E-state index in [1.54, 1.807) is 11.8 Å². The van der Waals surface area contributed by atoms with Crippen molar-refractivity contribution in [3.8, 4) is 11.5 Å². The molecular weight excluding hydrogens is 392 g/mol. The van der Waals surface area contributed by atoms with E-state index >= 15 is 0 Å². The molecule has 0 aliphatic carbocycles. The number of hydrogen-bond donors (Lipinski definition) is 1. The van der Waals surface area contributed by atoms with Gasteiger partial charge in [0.25, 0.3) is 0 Å². The Balaban J connectivity index is 1.66. The van der Waals surface area contributed by atoms with Gasteiger partial charge in [0.1, 0.15) is 6.04 Å². The first-order chi connectivity index (χ1) is 15.0. The summed E-state index contributed by atoms with van der Waals surface area (Å²) in [7, 11) is 0. The molecule has 3 rings (SSSR count). The lowest BCUT2D eigenvalue weighted by molar-refractivity contribution is -0.140. The zero-order valence-corrected chi connectivity index (χ0v) is 18.6. The molecule has 166 valence electrons. The zero-order chi connectivity index (χ0) is 22.2. The highest BCUT2D eigenvalue weighted by molar-refractivity contribution is 5.87. The average Bonchev–Trinajstić information content (AvgIpc) is 3.26.